The van der Waals surface area contributed by atoms with Crippen molar-refractivity contribution < 1.29 is 19.0 Å². The van der Waals surface area contributed by atoms with Crippen LogP contribution in [0.2, 0.25) is 0 Å². The molecule has 0 radical (unpaired) electrons. The fraction of sp³-hybridized carbons (Fsp3) is 0.500. The Morgan fingerprint density at radius 2 is 1.87 bits per heavy atom. The first-order valence-corrected chi connectivity index (χ1v) is 8.57. The lowest BCUT2D eigenvalue weighted by atomic mass is 10.2. The Balaban J connectivity index is 2.63. The fourth-order valence-electron chi connectivity index (χ4n) is 1.75. The molecule has 1 aromatic carbocycles. The van der Waals surface area contributed by atoms with Gasteiger partial charge >= 0.3 is 5.97 Å². The van der Waals surface area contributed by atoms with Crippen molar-refractivity contribution in [3.63, 3.8) is 0 Å². The van der Waals surface area contributed by atoms with E-state index in [1.54, 1.807) is 6.07 Å². The smallest absolute Gasteiger partial charge is 0.344 e. The average molecular weight is 383 g/mol. The predicted molar refractivity (Wildman–Crippen MR) is 94.0 cm³/mol. The number of unbranched alkanes of at least 4 members (excludes halogenated alkanes) is 1. The third kappa shape index (κ3) is 8.51. The zero-order valence-electron chi connectivity index (χ0n) is 13.9. The summed E-state index contributed by atoms with van der Waals surface area (Å²) in [6.45, 7) is 5.86. The minimum atomic E-state index is -0.524. The van der Waals surface area contributed by atoms with E-state index in [1.807, 2.05) is 32.9 Å². The molecule has 126 valence electrons. The van der Waals surface area contributed by atoms with Crippen molar-refractivity contribution in [2.45, 2.75) is 44.5 Å². The Hall–Kier alpha value is -1.67. The van der Waals surface area contributed by atoms with Gasteiger partial charge in [0.2, 0.25) is 0 Å². The summed E-state index contributed by atoms with van der Waals surface area (Å²) < 4.78 is 16.4. The lowest BCUT2D eigenvalue weighted by molar-refractivity contribution is -0.157. The Bertz CT molecular complexity index is 555. The molecule has 0 heterocycles. The van der Waals surface area contributed by atoms with E-state index in [0.717, 1.165) is 12.0 Å². The zero-order valence-corrected chi connectivity index (χ0v) is 15.4. The summed E-state index contributed by atoms with van der Waals surface area (Å²) >= 11 is 3.41. The SMILES string of the molecule is C#CCCCOc1cc(CBr)cc(OCC(=O)OC(C)(C)C)c1. The molecule has 0 atom stereocenters. The highest BCUT2D eigenvalue weighted by molar-refractivity contribution is 9.08. The molecule has 0 N–H and O–H groups in total. The number of alkyl halides is 1. The highest BCUT2D eigenvalue weighted by Gasteiger charge is 2.16. The number of ether oxygens (including phenoxy) is 3. The standard InChI is InChI=1S/C18H23BrO4/c1-5-6-7-8-21-15-9-14(12-19)10-16(11-15)22-13-17(20)23-18(2,3)4/h1,9-11H,6-8,12-13H2,2-4H3. The van der Waals surface area contributed by atoms with Crippen LogP contribution in [0.4, 0.5) is 0 Å². The molecular weight excluding hydrogens is 360 g/mol. The number of terminal acetylenes is 1. The van der Waals surface area contributed by atoms with Crippen LogP contribution in [-0.2, 0) is 14.9 Å². The molecule has 0 aliphatic carbocycles. The van der Waals surface area contributed by atoms with Crippen molar-refractivity contribution in [1.82, 2.24) is 0 Å². The zero-order chi connectivity index (χ0) is 17.3. The molecule has 23 heavy (non-hydrogen) atoms. The second-order valence-electron chi connectivity index (χ2n) is 5.98. The summed E-state index contributed by atoms with van der Waals surface area (Å²) in [5.74, 6) is 3.43. The molecule has 1 rings (SSSR count). The van der Waals surface area contributed by atoms with E-state index in [0.29, 0.717) is 29.9 Å². The number of halogens is 1. The van der Waals surface area contributed by atoms with Crippen molar-refractivity contribution in [2.75, 3.05) is 13.2 Å². The van der Waals surface area contributed by atoms with Crippen LogP contribution in [0.25, 0.3) is 0 Å². The molecule has 0 aliphatic rings. The van der Waals surface area contributed by atoms with E-state index in [2.05, 4.69) is 21.9 Å². The first kappa shape index (κ1) is 19.4. The Labute approximate surface area is 146 Å². The van der Waals surface area contributed by atoms with Gasteiger partial charge in [0, 0.05) is 17.8 Å². The van der Waals surface area contributed by atoms with Gasteiger partial charge in [0.15, 0.2) is 6.61 Å². The molecule has 4 nitrogen and oxygen atoms in total. The molecule has 0 bridgehead atoms. The summed E-state index contributed by atoms with van der Waals surface area (Å²) in [7, 11) is 0. The van der Waals surface area contributed by atoms with Crippen LogP contribution in [0, 0.1) is 12.3 Å². The first-order chi connectivity index (χ1) is 10.8. The third-order valence-corrected chi connectivity index (χ3v) is 3.25. The predicted octanol–water partition coefficient (Wildman–Crippen LogP) is 4.09. The van der Waals surface area contributed by atoms with Crippen molar-refractivity contribution >= 4 is 21.9 Å². The van der Waals surface area contributed by atoms with Crippen LogP contribution in [0.15, 0.2) is 18.2 Å². The highest BCUT2D eigenvalue weighted by Crippen LogP contribution is 2.25. The summed E-state index contributed by atoms with van der Waals surface area (Å²) in [5.41, 5.74) is 0.474. The quantitative estimate of drug-likeness (QED) is 0.294. The number of esters is 1. The van der Waals surface area contributed by atoms with E-state index in [4.69, 9.17) is 20.6 Å². The van der Waals surface area contributed by atoms with Gasteiger partial charge < -0.3 is 14.2 Å². The minimum Gasteiger partial charge on any atom is -0.493 e. The Kier molecular flexibility index (Phi) is 7.97. The number of hydrogen-bond acceptors (Lipinski definition) is 4. The van der Waals surface area contributed by atoms with Gasteiger partial charge in [0.25, 0.3) is 0 Å². The lowest BCUT2D eigenvalue weighted by Crippen LogP contribution is -2.27. The largest absolute Gasteiger partial charge is 0.493 e. The molecule has 5 heteroatoms. The van der Waals surface area contributed by atoms with Crippen molar-refractivity contribution in [2.24, 2.45) is 0 Å². The number of carbonyl (C=O) groups is 1. The number of carbonyl (C=O) groups excluding carboxylic acids is 1. The molecule has 0 spiro atoms. The summed E-state index contributed by atoms with van der Waals surface area (Å²) in [5, 5.41) is 0.664. The summed E-state index contributed by atoms with van der Waals surface area (Å²) in [6, 6.07) is 5.53. The minimum absolute atomic E-state index is 0.139. The second kappa shape index (κ2) is 9.46. The molecule has 0 aliphatic heterocycles. The third-order valence-electron chi connectivity index (χ3n) is 2.61. The van der Waals surface area contributed by atoms with E-state index in [1.165, 1.54) is 0 Å². The molecule has 0 saturated heterocycles. The van der Waals surface area contributed by atoms with Crippen molar-refractivity contribution in [3.8, 4) is 23.8 Å². The van der Waals surface area contributed by atoms with E-state index >= 15 is 0 Å². The molecular formula is C18H23BrO4. The molecule has 0 unspecified atom stereocenters. The van der Waals surface area contributed by atoms with Gasteiger partial charge in [-0.1, -0.05) is 15.9 Å². The maximum atomic E-state index is 11.7. The van der Waals surface area contributed by atoms with Gasteiger partial charge in [-0.3, -0.25) is 0 Å². The van der Waals surface area contributed by atoms with Gasteiger partial charge in [0.1, 0.15) is 17.1 Å². The number of hydrogen-bond donors (Lipinski definition) is 0. The summed E-state index contributed by atoms with van der Waals surface area (Å²) in [4.78, 5) is 11.7. The Morgan fingerprint density at radius 3 is 2.43 bits per heavy atom. The normalized spacial score (nSPS) is 10.7. The average Bonchev–Trinajstić information content (AvgIpc) is 2.47. The molecule has 0 amide bonds. The van der Waals surface area contributed by atoms with Gasteiger partial charge in [-0.15, -0.1) is 12.3 Å². The molecule has 0 saturated carbocycles. The maximum absolute atomic E-state index is 11.7. The summed E-state index contributed by atoms with van der Waals surface area (Å²) in [6.07, 6.45) is 6.69. The molecule has 1 aromatic rings. The van der Waals surface area contributed by atoms with E-state index in [9.17, 15) is 4.79 Å². The van der Waals surface area contributed by atoms with Crippen LogP contribution in [0.3, 0.4) is 0 Å². The maximum Gasteiger partial charge on any atom is 0.344 e. The van der Waals surface area contributed by atoms with Gasteiger partial charge in [-0.25, -0.2) is 4.79 Å². The number of rotatable bonds is 8. The van der Waals surface area contributed by atoms with Gasteiger partial charge in [-0.2, -0.15) is 0 Å². The van der Waals surface area contributed by atoms with Crippen LogP contribution in [-0.4, -0.2) is 24.8 Å². The second-order valence-corrected chi connectivity index (χ2v) is 6.54. The molecule has 0 aromatic heterocycles. The van der Waals surface area contributed by atoms with Gasteiger partial charge in [0.05, 0.1) is 6.61 Å². The van der Waals surface area contributed by atoms with Gasteiger partial charge in [-0.05, 0) is 44.9 Å². The highest BCUT2D eigenvalue weighted by atomic mass is 79.9. The van der Waals surface area contributed by atoms with Crippen molar-refractivity contribution in [3.05, 3.63) is 23.8 Å². The number of benzene rings is 1. The topological polar surface area (TPSA) is 44.8 Å². The lowest BCUT2D eigenvalue weighted by Gasteiger charge is -2.19. The monoisotopic (exact) mass is 382 g/mol. The Morgan fingerprint density at radius 1 is 1.22 bits per heavy atom. The van der Waals surface area contributed by atoms with Crippen LogP contribution < -0.4 is 9.47 Å². The van der Waals surface area contributed by atoms with Crippen LogP contribution in [0.1, 0.15) is 39.2 Å². The fourth-order valence-corrected chi connectivity index (χ4v) is 2.08. The van der Waals surface area contributed by atoms with Crippen LogP contribution in [0.5, 0.6) is 11.5 Å². The van der Waals surface area contributed by atoms with Crippen molar-refractivity contribution in [1.29, 1.82) is 0 Å². The van der Waals surface area contributed by atoms with E-state index in [-0.39, 0.29) is 6.61 Å². The molecule has 0 fully saturated rings. The van der Waals surface area contributed by atoms with Crippen LogP contribution >= 0.6 is 15.9 Å². The van der Waals surface area contributed by atoms with E-state index < -0.39 is 11.6 Å². The first-order valence-electron chi connectivity index (χ1n) is 7.45.